The van der Waals surface area contributed by atoms with Crippen molar-refractivity contribution < 1.29 is 18.0 Å². The monoisotopic (exact) mass is 396 g/mol. The topological polar surface area (TPSA) is 91.2 Å². The van der Waals surface area contributed by atoms with Crippen LogP contribution in [0.15, 0.2) is 47.3 Å². The summed E-state index contributed by atoms with van der Waals surface area (Å²) in [6.45, 7) is 1.68. The molecular formula is C19H23F3N4O2. The van der Waals surface area contributed by atoms with E-state index >= 15 is 0 Å². The second-order valence-corrected chi connectivity index (χ2v) is 6.31. The Morgan fingerprint density at radius 1 is 1.11 bits per heavy atom. The van der Waals surface area contributed by atoms with Crippen LogP contribution in [0.3, 0.4) is 0 Å². The molecule has 1 aliphatic rings. The van der Waals surface area contributed by atoms with Crippen molar-refractivity contribution in [2.45, 2.75) is 32.0 Å². The number of likely N-dealkylation sites (tertiary alicyclic amines) is 1. The molecule has 28 heavy (non-hydrogen) atoms. The Hall–Kier alpha value is -2.81. The number of alkyl halides is 3. The van der Waals surface area contributed by atoms with E-state index in [0.717, 1.165) is 43.8 Å². The Morgan fingerprint density at radius 2 is 1.75 bits per heavy atom. The van der Waals surface area contributed by atoms with Crippen LogP contribution in [0, 0.1) is 0 Å². The van der Waals surface area contributed by atoms with E-state index in [9.17, 15) is 22.8 Å². The van der Waals surface area contributed by atoms with Crippen LogP contribution in [0.1, 0.15) is 30.5 Å². The lowest BCUT2D eigenvalue weighted by molar-refractivity contribution is -0.141. The second kappa shape index (κ2) is 9.93. The molecule has 3 rings (SSSR count). The maximum Gasteiger partial charge on any atom is 0.431 e. The molecule has 1 aromatic heterocycles. The number of para-hydroxylation sites is 1. The number of urea groups is 1. The molecular weight excluding hydrogens is 373 g/mol. The molecule has 1 fully saturated rings. The Kier molecular flexibility index (Phi) is 7.62. The van der Waals surface area contributed by atoms with Gasteiger partial charge in [0, 0.05) is 31.4 Å². The first-order valence-corrected chi connectivity index (χ1v) is 8.91. The summed E-state index contributed by atoms with van der Waals surface area (Å²) < 4.78 is 36.2. The van der Waals surface area contributed by atoms with E-state index in [1.165, 1.54) is 6.42 Å². The minimum atomic E-state index is -4.54. The molecule has 6 nitrogen and oxygen atoms in total. The van der Waals surface area contributed by atoms with Crippen LogP contribution < -0.4 is 16.6 Å². The number of aromatic amines is 1. The van der Waals surface area contributed by atoms with E-state index in [-0.39, 0.29) is 18.1 Å². The van der Waals surface area contributed by atoms with Gasteiger partial charge >= 0.3 is 12.2 Å². The Balaban J connectivity index is 0.000000203. The number of piperidine rings is 1. The summed E-state index contributed by atoms with van der Waals surface area (Å²) in [6.07, 6.45) is -1.04. The average Bonchev–Trinajstić information content (AvgIpc) is 2.69. The summed E-state index contributed by atoms with van der Waals surface area (Å²) in [5, 5.41) is 2.90. The van der Waals surface area contributed by atoms with E-state index in [1.807, 2.05) is 35.2 Å². The number of hydrogen-bond donors (Lipinski definition) is 3. The molecule has 0 saturated carbocycles. The quantitative estimate of drug-likeness (QED) is 0.725. The number of aromatic nitrogens is 1. The molecule has 0 bridgehead atoms. The van der Waals surface area contributed by atoms with Crippen molar-refractivity contribution in [3.63, 3.8) is 0 Å². The maximum atomic E-state index is 12.1. The van der Waals surface area contributed by atoms with Crippen LogP contribution in [0.4, 0.5) is 23.7 Å². The molecule has 2 aromatic rings. The van der Waals surface area contributed by atoms with Crippen LogP contribution in [-0.2, 0) is 12.7 Å². The predicted molar refractivity (Wildman–Crippen MR) is 101 cm³/mol. The largest absolute Gasteiger partial charge is 0.431 e. The molecule has 0 unspecified atom stereocenters. The van der Waals surface area contributed by atoms with Gasteiger partial charge in [-0.2, -0.15) is 13.2 Å². The fraction of sp³-hybridized carbons (Fsp3) is 0.368. The minimum absolute atomic E-state index is 0.0286. The van der Waals surface area contributed by atoms with Gasteiger partial charge in [0.05, 0.1) is 0 Å². The number of pyridine rings is 1. The normalized spacial score (nSPS) is 14.1. The van der Waals surface area contributed by atoms with Crippen molar-refractivity contribution >= 4 is 11.7 Å². The standard InChI is InChI=1S/C12H16N2O.C7H7F3N2O/c15-12(14-9-5-2-6-10-14)13-11-7-3-1-4-8-11;8-7(9,10)5-1-4(3-11)2-6(13)12-5/h1,3-4,7-8H,2,5-6,9-10H2,(H,13,15);1-2H,3,11H2,(H,12,13). The van der Waals surface area contributed by atoms with E-state index in [2.05, 4.69) is 5.32 Å². The molecule has 2 amide bonds. The molecule has 0 spiro atoms. The molecule has 152 valence electrons. The first-order chi connectivity index (χ1) is 13.3. The number of benzene rings is 1. The minimum Gasteiger partial charge on any atom is -0.326 e. The molecule has 4 N–H and O–H groups in total. The smallest absolute Gasteiger partial charge is 0.326 e. The van der Waals surface area contributed by atoms with Crippen LogP contribution in [-0.4, -0.2) is 29.0 Å². The van der Waals surface area contributed by atoms with Crippen molar-refractivity contribution in [2.75, 3.05) is 18.4 Å². The van der Waals surface area contributed by atoms with E-state index < -0.39 is 17.4 Å². The SMILES string of the molecule is NCc1cc(C(F)(F)F)[nH]c(=O)c1.O=C(Nc1ccccc1)N1CCCCC1. The van der Waals surface area contributed by atoms with Gasteiger partial charge in [-0.25, -0.2) is 4.79 Å². The lowest BCUT2D eigenvalue weighted by Crippen LogP contribution is -2.38. The predicted octanol–water partition coefficient (Wildman–Crippen LogP) is 3.56. The van der Waals surface area contributed by atoms with Gasteiger partial charge in [0.25, 0.3) is 0 Å². The Labute approximate surface area is 160 Å². The third-order valence-electron chi connectivity index (χ3n) is 4.11. The fourth-order valence-electron chi connectivity index (χ4n) is 2.69. The van der Waals surface area contributed by atoms with Gasteiger partial charge in [-0.05, 0) is 43.0 Å². The van der Waals surface area contributed by atoms with E-state index in [0.29, 0.717) is 0 Å². The summed E-state index contributed by atoms with van der Waals surface area (Å²) in [6, 6.07) is 11.5. The zero-order chi connectivity index (χ0) is 20.6. The summed E-state index contributed by atoms with van der Waals surface area (Å²) in [7, 11) is 0. The molecule has 0 aliphatic carbocycles. The average molecular weight is 396 g/mol. The number of nitrogens with zero attached hydrogens (tertiary/aromatic N) is 1. The molecule has 1 aromatic carbocycles. The third-order valence-corrected chi connectivity index (χ3v) is 4.11. The van der Waals surface area contributed by atoms with Crippen LogP contribution in [0.5, 0.6) is 0 Å². The van der Waals surface area contributed by atoms with Gasteiger partial charge < -0.3 is 20.9 Å². The molecule has 2 heterocycles. The maximum absolute atomic E-state index is 12.1. The number of rotatable bonds is 2. The fourth-order valence-corrected chi connectivity index (χ4v) is 2.69. The Bertz CT molecular complexity index is 816. The van der Waals surface area contributed by atoms with Crippen molar-refractivity contribution in [3.8, 4) is 0 Å². The number of amides is 2. The first kappa shape index (κ1) is 21.5. The van der Waals surface area contributed by atoms with Gasteiger partial charge in [-0.3, -0.25) is 4.79 Å². The number of nitrogens with one attached hydrogen (secondary N) is 2. The molecule has 0 radical (unpaired) electrons. The highest BCUT2D eigenvalue weighted by atomic mass is 19.4. The second-order valence-electron chi connectivity index (χ2n) is 6.31. The number of carbonyl (C=O) groups is 1. The molecule has 1 saturated heterocycles. The third kappa shape index (κ3) is 6.73. The lowest BCUT2D eigenvalue weighted by Gasteiger charge is -2.26. The molecule has 1 aliphatic heterocycles. The number of nitrogens with two attached hydrogens (primary N) is 1. The highest BCUT2D eigenvalue weighted by Gasteiger charge is 2.31. The summed E-state index contributed by atoms with van der Waals surface area (Å²) in [5.74, 6) is 0. The number of halogens is 3. The zero-order valence-corrected chi connectivity index (χ0v) is 15.3. The first-order valence-electron chi connectivity index (χ1n) is 8.91. The number of anilines is 1. The van der Waals surface area contributed by atoms with Gasteiger partial charge in [0.2, 0.25) is 5.56 Å². The lowest BCUT2D eigenvalue weighted by atomic mass is 10.1. The molecule has 0 atom stereocenters. The van der Waals surface area contributed by atoms with Crippen LogP contribution in [0.2, 0.25) is 0 Å². The number of H-pyrrole nitrogens is 1. The van der Waals surface area contributed by atoms with E-state index in [1.54, 1.807) is 4.98 Å². The van der Waals surface area contributed by atoms with Crippen LogP contribution >= 0.6 is 0 Å². The zero-order valence-electron chi connectivity index (χ0n) is 15.3. The van der Waals surface area contributed by atoms with Gasteiger partial charge in [-0.1, -0.05) is 18.2 Å². The van der Waals surface area contributed by atoms with Crippen LogP contribution in [0.25, 0.3) is 0 Å². The summed E-state index contributed by atoms with van der Waals surface area (Å²) in [5.41, 5.74) is 4.28. The van der Waals surface area contributed by atoms with Crippen molar-refractivity contribution in [1.29, 1.82) is 0 Å². The molecule has 9 heteroatoms. The van der Waals surface area contributed by atoms with Gasteiger partial charge in [0.1, 0.15) is 5.69 Å². The van der Waals surface area contributed by atoms with E-state index in [4.69, 9.17) is 5.73 Å². The highest BCUT2D eigenvalue weighted by molar-refractivity contribution is 5.89. The van der Waals surface area contributed by atoms with Crippen molar-refractivity contribution in [2.24, 2.45) is 5.73 Å². The Morgan fingerprint density at radius 3 is 2.32 bits per heavy atom. The van der Waals surface area contributed by atoms with Crippen molar-refractivity contribution in [3.05, 3.63) is 64.1 Å². The summed E-state index contributed by atoms with van der Waals surface area (Å²) in [4.78, 5) is 26.1. The van der Waals surface area contributed by atoms with Gasteiger partial charge in [0.15, 0.2) is 0 Å². The van der Waals surface area contributed by atoms with Crippen molar-refractivity contribution in [1.82, 2.24) is 9.88 Å². The summed E-state index contributed by atoms with van der Waals surface area (Å²) >= 11 is 0. The highest BCUT2D eigenvalue weighted by Crippen LogP contribution is 2.26. The number of hydrogen-bond acceptors (Lipinski definition) is 3. The number of carbonyl (C=O) groups excluding carboxylic acids is 1. The van der Waals surface area contributed by atoms with Gasteiger partial charge in [-0.15, -0.1) is 0 Å².